The van der Waals surface area contributed by atoms with Gasteiger partial charge in [-0.1, -0.05) is 6.92 Å². The van der Waals surface area contributed by atoms with Gasteiger partial charge < -0.3 is 29.9 Å². The third-order valence-electron chi connectivity index (χ3n) is 2.33. The molecule has 6 heteroatoms. The van der Waals surface area contributed by atoms with Crippen LogP contribution in [0.2, 0.25) is 0 Å². The highest BCUT2D eigenvalue weighted by atomic mass is 16.7. The minimum Gasteiger partial charge on any atom is -0.394 e. The van der Waals surface area contributed by atoms with Crippen molar-refractivity contribution < 1.29 is 29.9 Å². The van der Waals surface area contributed by atoms with Crippen LogP contribution in [-0.4, -0.2) is 64.3 Å². The highest BCUT2D eigenvalue weighted by molar-refractivity contribution is 4.88. The second-order valence-electron chi connectivity index (χ2n) is 3.57. The Morgan fingerprint density at radius 3 is 2.33 bits per heavy atom. The smallest absolute Gasteiger partial charge is 0.186 e. The number of hydrogen-bond acceptors (Lipinski definition) is 6. The average Bonchev–Trinajstić information content (AvgIpc) is 2.25. The maximum absolute atomic E-state index is 9.51. The quantitative estimate of drug-likeness (QED) is 0.448. The predicted molar refractivity (Wildman–Crippen MR) is 50.0 cm³/mol. The normalized spacial score (nSPS) is 41.8. The fourth-order valence-electron chi connectivity index (χ4n) is 1.44. The molecule has 1 heterocycles. The molecule has 1 rings (SSSR count). The molecule has 0 amide bonds. The van der Waals surface area contributed by atoms with Gasteiger partial charge in [-0.25, -0.2) is 0 Å². The van der Waals surface area contributed by atoms with E-state index >= 15 is 0 Å². The Hall–Kier alpha value is -0.240. The molecule has 0 bridgehead atoms. The van der Waals surface area contributed by atoms with Crippen LogP contribution in [0.3, 0.4) is 0 Å². The molecule has 0 aromatic heterocycles. The first-order valence-electron chi connectivity index (χ1n) is 5.04. The molecule has 6 nitrogen and oxygen atoms in total. The molecular formula is C9H18O6. The van der Waals surface area contributed by atoms with E-state index in [9.17, 15) is 15.3 Å². The fourth-order valence-corrected chi connectivity index (χ4v) is 1.44. The van der Waals surface area contributed by atoms with Crippen LogP contribution in [0.15, 0.2) is 0 Å². The van der Waals surface area contributed by atoms with Crippen molar-refractivity contribution in [2.45, 2.75) is 44.1 Å². The second kappa shape index (κ2) is 5.74. The fraction of sp³-hybridized carbons (Fsp3) is 1.00. The van der Waals surface area contributed by atoms with Crippen LogP contribution in [0.1, 0.15) is 13.3 Å². The Morgan fingerprint density at radius 2 is 1.80 bits per heavy atom. The van der Waals surface area contributed by atoms with Crippen LogP contribution in [0, 0.1) is 0 Å². The lowest BCUT2D eigenvalue weighted by molar-refractivity contribution is -0.300. The molecule has 3 unspecified atom stereocenters. The SMILES string of the molecule is CCCO[C@H]1OC(CO)[C@@H](O)C(O)C1O. The zero-order valence-electron chi connectivity index (χ0n) is 8.61. The van der Waals surface area contributed by atoms with E-state index in [-0.39, 0.29) is 0 Å². The summed E-state index contributed by atoms with van der Waals surface area (Å²) in [6.45, 7) is 1.84. The monoisotopic (exact) mass is 222 g/mol. The summed E-state index contributed by atoms with van der Waals surface area (Å²) in [5.74, 6) is 0. The van der Waals surface area contributed by atoms with Gasteiger partial charge in [-0.05, 0) is 6.42 Å². The summed E-state index contributed by atoms with van der Waals surface area (Å²) >= 11 is 0. The van der Waals surface area contributed by atoms with E-state index in [0.29, 0.717) is 6.61 Å². The van der Waals surface area contributed by atoms with Gasteiger partial charge >= 0.3 is 0 Å². The highest BCUT2D eigenvalue weighted by Gasteiger charge is 2.43. The first kappa shape index (κ1) is 12.8. The van der Waals surface area contributed by atoms with Crippen molar-refractivity contribution in [2.24, 2.45) is 0 Å². The van der Waals surface area contributed by atoms with Gasteiger partial charge in [0.05, 0.1) is 6.61 Å². The van der Waals surface area contributed by atoms with Crippen molar-refractivity contribution in [3.63, 3.8) is 0 Å². The zero-order chi connectivity index (χ0) is 11.4. The predicted octanol–water partition coefficient (Wildman–Crippen LogP) is -1.79. The molecule has 1 aliphatic heterocycles. The number of ether oxygens (including phenoxy) is 2. The van der Waals surface area contributed by atoms with Gasteiger partial charge in [-0.3, -0.25) is 0 Å². The third kappa shape index (κ3) is 2.87. The minimum absolute atomic E-state index is 0.378. The van der Waals surface area contributed by atoms with E-state index < -0.39 is 37.3 Å². The van der Waals surface area contributed by atoms with E-state index in [1.807, 2.05) is 6.92 Å². The summed E-state index contributed by atoms with van der Waals surface area (Å²) in [6, 6.07) is 0. The Labute approximate surface area is 88.1 Å². The Balaban J connectivity index is 2.57. The van der Waals surface area contributed by atoms with Gasteiger partial charge in [0.2, 0.25) is 0 Å². The van der Waals surface area contributed by atoms with Crippen LogP contribution < -0.4 is 0 Å². The molecule has 0 radical (unpaired) electrons. The van der Waals surface area contributed by atoms with Crippen LogP contribution in [0.25, 0.3) is 0 Å². The molecule has 0 aromatic rings. The molecule has 0 saturated carbocycles. The van der Waals surface area contributed by atoms with Crippen molar-refractivity contribution in [3.8, 4) is 0 Å². The molecule has 1 saturated heterocycles. The Morgan fingerprint density at radius 1 is 1.13 bits per heavy atom. The molecule has 5 atom stereocenters. The van der Waals surface area contributed by atoms with Crippen molar-refractivity contribution in [1.82, 2.24) is 0 Å². The molecule has 90 valence electrons. The van der Waals surface area contributed by atoms with E-state index in [0.717, 1.165) is 6.42 Å². The summed E-state index contributed by atoms with van der Waals surface area (Å²) in [5, 5.41) is 37.2. The van der Waals surface area contributed by atoms with Gasteiger partial charge in [-0.15, -0.1) is 0 Å². The van der Waals surface area contributed by atoms with Gasteiger partial charge in [-0.2, -0.15) is 0 Å². The van der Waals surface area contributed by atoms with Crippen LogP contribution in [0.5, 0.6) is 0 Å². The lowest BCUT2D eigenvalue weighted by Crippen LogP contribution is -2.59. The molecule has 15 heavy (non-hydrogen) atoms. The summed E-state index contributed by atoms with van der Waals surface area (Å²) in [7, 11) is 0. The van der Waals surface area contributed by atoms with Gasteiger partial charge in [0.1, 0.15) is 24.4 Å². The van der Waals surface area contributed by atoms with Crippen molar-refractivity contribution in [1.29, 1.82) is 0 Å². The van der Waals surface area contributed by atoms with E-state index in [4.69, 9.17) is 14.6 Å². The van der Waals surface area contributed by atoms with E-state index in [2.05, 4.69) is 0 Å². The lowest BCUT2D eigenvalue weighted by atomic mass is 9.99. The average molecular weight is 222 g/mol. The van der Waals surface area contributed by atoms with E-state index in [1.54, 1.807) is 0 Å². The molecule has 1 aliphatic rings. The second-order valence-corrected chi connectivity index (χ2v) is 3.57. The van der Waals surface area contributed by atoms with Crippen molar-refractivity contribution in [2.75, 3.05) is 13.2 Å². The number of aliphatic hydroxyl groups is 4. The number of hydrogen-bond donors (Lipinski definition) is 4. The first-order chi connectivity index (χ1) is 7.11. The third-order valence-corrected chi connectivity index (χ3v) is 2.33. The molecule has 1 fully saturated rings. The largest absolute Gasteiger partial charge is 0.394 e. The summed E-state index contributed by atoms with van der Waals surface area (Å²) in [4.78, 5) is 0. The summed E-state index contributed by atoms with van der Waals surface area (Å²) in [5.41, 5.74) is 0. The Kier molecular flexibility index (Phi) is 4.91. The molecule has 0 aliphatic carbocycles. The maximum atomic E-state index is 9.51. The first-order valence-corrected chi connectivity index (χ1v) is 5.04. The molecule has 0 aromatic carbocycles. The van der Waals surface area contributed by atoms with Gasteiger partial charge in [0.25, 0.3) is 0 Å². The van der Waals surface area contributed by atoms with Crippen LogP contribution in [-0.2, 0) is 9.47 Å². The number of aliphatic hydroxyl groups excluding tert-OH is 4. The molecule has 4 N–H and O–H groups in total. The summed E-state index contributed by atoms with van der Waals surface area (Å²) in [6.07, 6.45) is -5.14. The van der Waals surface area contributed by atoms with Gasteiger partial charge in [0, 0.05) is 6.61 Å². The van der Waals surface area contributed by atoms with Crippen LogP contribution in [0.4, 0.5) is 0 Å². The van der Waals surface area contributed by atoms with Crippen LogP contribution >= 0.6 is 0 Å². The number of rotatable bonds is 4. The molecular weight excluding hydrogens is 204 g/mol. The van der Waals surface area contributed by atoms with Crippen molar-refractivity contribution >= 4 is 0 Å². The highest BCUT2D eigenvalue weighted by Crippen LogP contribution is 2.21. The molecule has 0 spiro atoms. The minimum atomic E-state index is -1.36. The van der Waals surface area contributed by atoms with Gasteiger partial charge in [0.15, 0.2) is 6.29 Å². The Bertz CT molecular complexity index is 185. The lowest BCUT2D eigenvalue weighted by Gasteiger charge is -2.39. The van der Waals surface area contributed by atoms with Crippen molar-refractivity contribution in [3.05, 3.63) is 0 Å². The van der Waals surface area contributed by atoms with E-state index in [1.165, 1.54) is 0 Å². The zero-order valence-corrected chi connectivity index (χ0v) is 8.61. The maximum Gasteiger partial charge on any atom is 0.186 e. The standard InChI is InChI=1S/C9H18O6/c1-2-3-14-9-8(13)7(12)6(11)5(4-10)15-9/h5-13H,2-4H2,1H3/t5?,6-,7?,8?,9+/m1/s1. The summed E-state index contributed by atoms with van der Waals surface area (Å²) < 4.78 is 10.2. The topological polar surface area (TPSA) is 99.4 Å².